The molecular formula is C13H12N6O. The number of hydrogen-bond donors (Lipinski definition) is 2. The van der Waals surface area contributed by atoms with E-state index in [2.05, 4.69) is 20.4 Å². The number of anilines is 2. The number of nitrogens with one attached hydrogen (secondary N) is 1. The summed E-state index contributed by atoms with van der Waals surface area (Å²) in [5.74, 6) is 0.742. The summed E-state index contributed by atoms with van der Waals surface area (Å²) in [4.78, 5) is 19.4. The number of hydrogen-bond acceptors (Lipinski definition) is 5. The summed E-state index contributed by atoms with van der Waals surface area (Å²) in [7, 11) is 0. The molecule has 7 nitrogen and oxygen atoms in total. The third kappa shape index (κ3) is 2.16. The predicted octanol–water partition coefficient (Wildman–Crippen LogP) is 1.28. The van der Waals surface area contributed by atoms with E-state index in [0.717, 1.165) is 11.4 Å². The molecular weight excluding hydrogens is 256 g/mol. The molecule has 0 aliphatic heterocycles. The summed E-state index contributed by atoms with van der Waals surface area (Å²) in [6.07, 6.45) is 1.46. The van der Waals surface area contributed by atoms with Crippen LogP contribution in [0.4, 0.5) is 11.5 Å². The topological polar surface area (TPSA) is 98.2 Å². The molecule has 0 unspecified atom stereocenters. The smallest absolute Gasteiger partial charge is 0.254 e. The summed E-state index contributed by atoms with van der Waals surface area (Å²) in [5, 5.41) is 7.21. The number of aryl methyl sites for hydroxylation is 1. The molecule has 20 heavy (non-hydrogen) atoms. The molecule has 0 aliphatic rings. The SMILES string of the molecule is Cc1cc(Nc2ccc(C(N)=O)cc2)nc2ncnn12. The minimum atomic E-state index is -0.449. The normalized spacial score (nSPS) is 10.7. The summed E-state index contributed by atoms with van der Waals surface area (Å²) >= 11 is 0. The van der Waals surface area contributed by atoms with Crippen LogP contribution in [0, 0.1) is 6.92 Å². The molecule has 3 aromatic rings. The van der Waals surface area contributed by atoms with Crippen LogP contribution < -0.4 is 11.1 Å². The van der Waals surface area contributed by atoms with Gasteiger partial charge in [0.05, 0.1) is 0 Å². The Bertz CT molecular complexity index is 777. The molecule has 3 rings (SSSR count). The van der Waals surface area contributed by atoms with E-state index in [-0.39, 0.29) is 0 Å². The molecule has 0 fully saturated rings. The Morgan fingerprint density at radius 2 is 2.05 bits per heavy atom. The minimum Gasteiger partial charge on any atom is -0.366 e. The number of nitrogens with zero attached hydrogens (tertiary/aromatic N) is 4. The van der Waals surface area contributed by atoms with Crippen molar-refractivity contribution >= 4 is 23.2 Å². The van der Waals surface area contributed by atoms with Gasteiger partial charge in [-0.1, -0.05) is 0 Å². The number of nitrogens with two attached hydrogens (primary N) is 1. The second kappa shape index (κ2) is 4.61. The van der Waals surface area contributed by atoms with Gasteiger partial charge >= 0.3 is 0 Å². The fourth-order valence-corrected chi connectivity index (χ4v) is 1.89. The molecule has 100 valence electrons. The Kier molecular flexibility index (Phi) is 2.79. The van der Waals surface area contributed by atoms with Crippen molar-refractivity contribution in [1.29, 1.82) is 0 Å². The maximum atomic E-state index is 11.0. The lowest BCUT2D eigenvalue weighted by atomic mass is 10.2. The second-order valence-corrected chi connectivity index (χ2v) is 4.32. The largest absolute Gasteiger partial charge is 0.366 e. The summed E-state index contributed by atoms with van der Waals surface area (Å²) in [6.45, 7) is 1.92. The zero-order valence-electron chi connectivity index (χ0n) is 10.7. The molecule has 0 saturated heterocycles. The highest BCUT2D eigenvalue weighted by atomic mass is 16.1. The number of rotatable bonds is 3. The van der Waals surface area contributed by atoms with Crippen LogP contribution in [0.5, 0.6) is 0 Å². The third-order valence-electron chi connectivity index (χ3n) is 2.87. The first-order valence-corrected chi connectivity index (χ1v) is 5.98. The molecule has 2 aromatic heterocycles. The van der Waals surface area contributed by atoms with Crippen LogP contribution in [0.15, 0.2) is 36.7 Å². The first-order valence-electron chi connectivity index (χ1n) is 5.98. The maximum Gasteiger partial charge on any atom is 0.254 e. The van der Waals surface area contributed by atoms with Crippen LogP contribution >= 0.6 is 0 Å². The van der Waals surface area contributed by atoms with Crippen molar-refractivity contribution in [2.45, 2.75) is 6.92 Å². The zero-order chi connectivity index (χ0) is 14.1. The minimum absolute atomic E-state index is 0.449. The molecule has 0 saturated carbocycles. The van der Waals surface area contributed by atoms with Crippen LogP contribution in [0.2, 0.25) is 0 Å². The van der Waals surface area contributed by atoms with E-state index >= 15 is 0 Å². The van der Waals surface area contributed by atoms with E-state index in [1.807, 2.05) is 13.0 Å². The van der Waals surface area contributed by atoms with Crippen LogP contribution in [0.3, 0.4) is 0 Å². The number of amides is 1. The molecule has 3 N–H and O–H groups in total. The Balaban J connectivity index is 1.90. The Labute approximate surface area is 114 Å². The van der Waals surface area contributed by atoms with Gasteiger partial charge in [0, 0.05) is 23.0 Å². The summed E-state index contributed by atoms with van der Waals surface area (Å²) in [6, 6.07) is 8.72. The van der Waals surface area contributed by atoms with E-state index in [1.54, 1.807) is 28.8 Å². The lowest BCUT2D eigenvalue weighted by molar-refractivity contribution is 0.100. The average Bonchev–Trinajstić information content (AvgIpc) is 2.88. The maximum absolute atomic E-state index is 11.0. The number of aromatic nitrogens is 4. The average molecular weight is 268 g/mol. The standard InChI is InChI=1S/C13H12N6O/c1-8-6-11(18-13-15-7-16-19(8)13)17-10-4-2-9(3-5-10)12(14)20/h2-7H,1H3,(H2,14,20)(H,15,16,17,18). The predicted molar refractivity (Wildman–Crippen MR) is 73.8 cm³/mol. The van der Waals surface area contributed by atoms with Gasteiger partial charge in [-0.05, 0) is 31.2 Å². The number of fused-ring (bicyclic) bond motifs is 1. The van der Waals surface area contributed by atoms with Gasteiger partial charge in [-0.3, -0.25) is 4.79 Å². The molecule has 0 atom stereocenters. The summed E-state index contributed by atoms with van der Waals surface area (Å²) < 4.78 is 1.65. The van der Waals surface area contributed by atoms with Gasteiger partial charge in [-0.25, -0.2) is 4.52 Å². The van der Waals surface area contributed by atoms with E-state index < -0.39 is 5.91 Å². The van der Waals surface area contributed by atoms with Crippen molar-refractivity contribution in [1.82, 2.24) is 19.6 Å². The Morgan fingerprint density at radius 1 is 1.30 bits per heavy atom. The molecule has 2 heterocycles. The monoisotopic (exact) mass is 268 g/mol. The molecule has 1 amide bonds. The van der Waals surface area contributed by atoms with Crippen molar-refractivity contribution in [2.75, 3.05) is 5.32 Å². The molecule has 0 radical (unpaired) electrons. The molecule has 7 heteroatoms. The highest BCUT2D eigenvalue weighted by molar-refractivity contribution is 5.93. The first kappa shape index (κ1) is 12.1. The van der Waals surface area contributed by atoms with Gasteiger partial charge in [0.2, 0.25) is 5.91 Å². The van der Waals surface area contributed by atoms with Crippen molar-refractivity contribution in [3.63, 3.8) is 0 Å². The van der Waals surface area contributed by atoms with Crippen LogP contribution in [-0.2, 0) is 0 Å². The van der Waals surface area contributed by atoms with E-state index in [1.165, 1.54) is 6.33 Å². The number of carbonyl (C=O) groups excluding carboxylic acids is 1. The number of carbonyl (C=O) groups is 1. The van der Waals surface area contributed by atoms with Gasteiger partial charge in [0.25, 0.3) is 5.78 Å². The highest BCUT2D eigenvalue weighted by Gasteiger charge is 2.05. The molecule has 0 aliphatic carbocycles. The Hall–Kier alpha value is -2.96. The van der Waals surface area contributed by atoms with Crippen molar-refractivity contribution in [3.05, 3.63) is 47.9 Å². The van der Waals surface area contributed by atoms with Crippen LogP contribution in [-0.4, -0.2) is 25.5 Å². The van der Waals surface area contributed by atoms with Crippen LogP contribution in [0.25, 0.3) is 5.78 Å². The van der Waals surface area contributed by atoms with Gasteiger partial charge in [0.1, 0.15) is 12.1 Å². The third-order valence-corrected chi connectivity index (χ3v) is 2.87. The number of primary amides is 1. The van der Waals surface area contributed by atoms with Crippen molar-refractivity contribution < 1.29 is 4.79 Å². The molecule has 0 spiro atoms. The lowest BCUT2D eigenvalue weighted by Gasteiger charge is -2.07. The molecule has 0 bridgehead atoms. The van der Waals surface area contributed by atoms with Gasteiger partial charge in [-0.2, -0.15) is 15.1 Å². The van der Waals surface area contributed by atoms with Crippen molar-refractivity contribution in [2.24, 2.45) is 5.73 Å². The fourth-order valence-electron chi connectivity index (χ4n) is 1.89. The van der Waals surface area contributed by atoms with E-state index in [0.29, 0.717) is 17.2 Å². The van der Waals surface area contributed by atoms with Gasteiger partial charge < -0.3 is 11.1 Å². The van der Waals surface area contributed by atoms with Gasteiger partial charge in [-0.15, -0.1) is 0 Å². The summed E-state index contributed by atoms with van der Waals surface area (Å²) in [5.41, 5.74) is 7.39. The molecule has 1 aromatic carbocycles. The van der Waals surface area contributed by atoms with Gasteiger partial charge in [0.15, 0.2) is 0 Å². The van der Waals surface area contributed by atoms with Crippen molar-refractivity contribution in [3.8, 4) is 0 Å². The Morgan fingerprint density at radius 3 is 2.75 bits per heavy atom. The highest BCUT2D eigenvalue weighted by Crippen LogP contribution is 2.16. The van der Waals surface area contributed by atoms with Crippen LogP contribution in [0.1, 0.15) is 16.1 Å². The zero-order valence-corrected chi connectivity index (χ0v) is 10.7. The van der Waals surface area contributed by atoms with E-state index in [9.17, 15) is 4.79 Å². The quantitative estimate of drug-likeness (QED) is 0.745. The van der Waals surface area contributed by atoms with E-state index in [4.69, 9.17) is 5.73 Å². The fraction of sp³-hybridized carbons (Fsp3) is 0.0769. The lowest BCUT2D eigenvalue weighted by Crippen LogP contribution is -2.10. The number of benzene rings is 1. The first-order chi connectivity index (χ1) is 9.63. The second-order valence-electron chi connectivity index (χ2n) is 4.32.